The lowest BCUT2D eigenvalue weighted by Crippen LogP contribution is -2.32. The van der Waals surface area contributed by atoms with Gasteiger partial charge in [0.25, 0.3) is 0 Å². The maximum absolute atomic E-state index is 11.9. The molecule has 138 valence electrons. The number of methoxy groups -OCH3 is 1. The van der Waals surface area contributed by atoms with Gasteiger partial charge in [-0.05, 0) is 44.0 Å². The summed E-state index contributed by atoms with van der Waals surface area (Å²) in [6.45, 7) is 8.30. The molecule has 0 aliphatic rings. The predicted octanol–water partition coefficient (Wildman–Crippen LogP) is 4.00. The van der Waals surface area contributed by atoms with E-state index in [0.717, 1.165) is 11.1 Å². The first kappa shape index (κ1) is 19.5. The lowest BCUT2D eigenvalue weighted by molar-refractivity contribution is -0.158. The van der Waals surface area contributed by atoms with Crippen LogP contribution in [0.4, 0.5) is 0 Å². The largest absolute Gasteiger partial charge is 0.508 e. The Morgan fingerprint density at radius 1 is 1.15 bits per heavy atom. The Kier molecular flexibility index (Phi) is 5.73. The highest BCUT2D eigenvalue weighted by Crippen LogP contribution is 2.35. The number of hydrogen-bond acceptors (Lipinski definition) is 5. The summed E-state index contributed by atoms with van der Waals surface area (Å²) in [7, 11) is 1.54. The molecule has 0 aliphatic carbocycles. The number of benzene rings is 2. The molecule has 26 heavy (non-hydrogen) atoms. The monoisotopic (exact) mass is 356 g/mol. The number of hydrogen-bond donors (Lipinski definition) is 2. The number of esters is 1. The first-order chi connectivity index (χ1) is 12.1. The number of phenols is 1. The highest BCUT2D eigenvalue weighted by Gasteiger charge is 2.32. The molecule has 0 fully saturated rings. The Labute approximate surface area is 153 Å². The normalized spacial score (nSPS) is 12.3. The van der Waals surface area contributed by atoms with Gasteiger partial charge in [-0.15, -0.1) is 0 Å². The standard InChI is InChI=1S/C21H24O5/c1-13(2)20(23)26-19(21(3,4)24)15-8-6-14(7-9-15)17-11-10-16(22)12-18(17)25-5/h6-12,19,22,24H,1H2,2-5H3. The van der Waals surface area contributed by atoms with Gasteiger partial charge in [0, 0.05) is 17.2 Å². The van der Waals surface area contributed by atoms with Gasteiger partial charge in [0.15, 0.2) is 6.10 Å². The fourth-order valence-corrected chi connectivity index (χ4v) is 2.58. The van der Waals surface area contributed by atoms with Gasteiger partial charge in [-0.25, -0.2) is 4.79 Å². The minimum atomic E-state index is -1.26. The van der Waals surface area contributed by atoms with E-state index in [9.17, 15) is 15.0 Å². The SMILES string of the molecule is C=C(C)C(=O)OC(c1ccc(-c2ccc(O)cc2OC)cc1)C(C)(C)O. The second-order valence-corrected chi connectivity index (χ2v) is 6.73. The average molecular weight is 356 g/mol. The van der Waals surface area contributed by atoms with Crippen LogP contribution < -0.4 is 4.74 Å². The molecule has 0 heterocycles. The molecule has 1 atom stereocenters. The van der Waals surface area contributed by atoms with Gasteiger partial charge in [0.05, 0.1) is 7.11 Å². The van der Waals surface area contributed by atoms with Crippen molar-refractivity contribution < 1.29 is 24.5 Å². The van der Waals surface area contributed by atoms with Crippen molar-refractivity contribution in [3.8, 4) is 22.6 Å². The van der Waals surface area contributed by atoms with Crippen molar-refractivity contribution in [2.24, 2.45) is 0 Å². The Morgan fingerprint density at radius 3 is 2.27 bits per heavy atom. The maximum atomic E-state index is 11.9. The molecule has 5 heteroatoms. The summed E-state index contributed by atoms with van der Waals surface area (Å²) in [4.78, 5) is 11.9. The number of carbonyl (C=O) groups is 1. The van der Waals surface area contributed by atoms with Gasteiger partial charge in [-0.2, -0.15) is 0 Å². The van der Waals surface area contributed by atoms with Gasteiger partial charge in [0.1, 0.15) is 17.1 Å². The van der Waals surface area contributed by atoms with Crippen LogP contribution in [-0.2, 0) is 9.53 Å². The number of carbonyl (C=O) groups excluding carboxylic acids is 1. The van der Waals surface area contributed by atoms with Crippen molar-refractivity contribution in [1.82, 2.24) is 0 Å². The van der Waals surface area contributed by atoms with Gasteiger partial charge in [-0.3, -0.25) is 0 Å². The fraction of sp³-hybridized carbons (Fsp3) is 0.286. The fourth-order valence-electron chi connectivity index (χ4n) is 2.58. The Morgan fingerprint density at radius 2 is 1.77 bits per heavy atom. The highest BCUT2D eigenvalue weighted by atomic mass is 16.6. The van der Waals surface area contributed by atoms with E-state index in [0.29, 0.717) is 11.3 Å². The molecule has 0 aromatic heterocycles. The summed E-state index contributed by atoms with van der Waals surface area (Å²) >= 11 is 0. The molecule has 1 unspecified atom stereocenters. The molecule has 0 radical (unpaired) electrons. The minimum Gasteiger partial charge on any atom is -0.508 e. The van der Waals surface area contributed by atoms with Crippen molar-refractivity contribution in [3.05, 3.63) is 60.2 Å². The van der Waals surface area contributed by atoms with Crippen LogP contribution in [0.5, 0.6) is 11.5 Å². The summed E-state index contributed by atoms with van der Waals surface area (Å²) in [6, 6.07) is 12.1. The van der Waals surface area contributed by atoms with Gasteiger partial charge in [0.2, 0.25) is 0 Å². The van der Waals surface area contributed by atoms with Crippen molar-refractivity contribution in [1.29, 1.82) is 0 Å². The average Bonchev–Trinajstić information content (AvgIpc) is 2.58. The maximum Gasteiger partial charge on any atom is 0.333 e. The van der Waals surface area contributed by atoms with Crippen LogP contribution in [-0.4, -0.2) is 28.9 Å². The highest BCUT2D eigenvalue weighted by molar-refractivity contribution is 5.87. The molecular formula is C21H24O5. The zero-order valence-corrected chi connectivity index (χ0v) is 15.4. The first-order valence-electron chi connectivity index (χ1n) is 8.19. The third-order valence-electron chi connectivity index (χ3n) is 3.92. The Hall–Kier alpha value is -2.79. The molecular weight excluding hydrogens is 332 g/mol. The molecule has 0 bridgehead atoms. The Balaban J connectivity index is 2.37. The molecule has 0 aliphatic heterocycles. The molecule has 2 aromatic carbocycles. The summed E-state index contributed by atoms with van der Waals surface area (Å²) < 4.78 is 10.7. The molecule has 2 aromatic rings. The molecule has 0 spiro atoms. The molecule has 0 saturated carbocycles. The number of ether oxygens (including phenoxy) is 2. The van der Waals surface area contributed by atoms with Crippen LogP contribution in [0.1, 0.15) is 32.4 Å². The van der Waals surface area contributed by atoms with Crippen molar-refractivity contribution in [2.75, 3.05) is 7.11 Å². The van der Waals surface area contributed by atoms with E-state index in [1.165, 1.54) is 13.2 Å². The van der Waals surface area contributed by atoms with E-state index in [2.05, 4.69) is 6.58 Å². The Bertz CT molecular complexity index is 800. The summed E-state index contributed by atoms with van der Waals surface area (Å²) in [6.07, 6.45) is -0.831. The first-order valence-corrected chi connectivity index (χ1v) is 8.19. The van der Waals surface area contributed by atoms with Crippen LogP contribution in [0.25, 0.3) is 11.1 Å². The summed E-state index contributed by atoms with van der Waals surface area (Å²) in [5.41, 5.74) is 1.35. The lowest BCUT2D eigenvalue weighted by Gasteiger charge is -2.29. The number of phenolic OH excluding ortho intramolecular Hbond substituents is 1. The molecule has 2 N–H and O–H groups in total. The third kappa shape index (κ3) is 4.43. The molecule has 0 amide bonds. The zero-order chi connectivity index (χ0) is 19.5. The summed E-state index contributed by atoms with van der Waals surface area (Å²) in [5.74, 6) is 0.114. The van der Waals surface area contributed by atoms with E-state index in [1.54, 1.807) is 45.0 Å². The molecule has 5 nitrogen and oxygen atoms in total. The van der Waals surface area contributed by atoms with E-state index >= 15 is 0 Å². The van der Waals surface area contributed by atoms with E-state index in [1.807, 2.05) is 12.1 Å². The number of aliphatic hydroxyl groups is 1. The van der Waals surface area contributed by atoms with E-state index < -0.39 is 17.7 Å². The molecule has 0 saturated heterocycles. The smallest absolute Gasteiger partial charge is 0.333 e. The second-order valence-electron chi connectivity index (χ2n) is 6.73. The quantitative estimate of drug-likeness (QED) is 0.604. The zero-order valence-electron chi connectivity index (χ0n) is 15.4. The number of rotatable bonds is 6. The summed E-state index contributed by atoms with van der Waals surface area (Å²) in [5, 5.41) is 20.0. The van der Waals surface area contributed by atoms with Crippen molar-refractivity contribution in [3.63, 3.8) is 0 Å². The van der Waals surface area contributed by atoms with Gasteiger partial charge in [-0.1, -0.05) is 30.8 Å². The van der Waals surface area contributed by atoms with Crippen molar-refractivity contribution in [2.45, 2.75) is 32.5 Å². The second kappa shape index (κ2) is 7.62. The van der Waals surface area contributed by atoms with Crippen molar-refractivity contribution >= 4 is 5.97 Å². The lowest BCUT2D eigenvalue weighted by atomic mass is 9.93. The van der Waals surface area contributed by atoms with Crippen LogP contribution in [0.15, 0.2) is 54.6 Å². The number of aromatic hydroxyl groups is 1. The van der Waals surface area contributed by atoms with E-state index in [4.69, 9.17) is 9.47 Å². The van der Waals surface area contributed by atoms with E-state index in [-0.39, 0.29) is 11.3 Å². The van der Waals surface area contributed by atoms with Crippen LogP contribution >= 0.6 is 0 Å². The van der Waals surface area contributed by atoms with Gasteiger partial charge >= 0.3 is 5.97 Å². The third-order valence-corrected chi connectivity index (χ3v) is 3.92. The van der Waals surface area contributed by atoms with Crippen LogP contribution in [0.2, 0.25) is 0 Å². The van der Waals surface area contributed by atoms with Crippen LogP contribution in [0.3, 0.4) is 0 Å². The van der Waals surface area contributed by atoms with Gasteiger partial charge < -0.3 is 19.7 Å². The van der Waals surface area contributed by atoms with Crippen LogP contribution in [0, 0.1) is 0 Å². The topological polar surface area (TPSA) is 76.0 Å². The minimum absolute atomic E-state index is 0.121. The molecule has 2 rings (SSSR count). The predicted molar refractivity (Wildman–Crippen MR) is 100 cm³/mol.